The molecule has 7 heteroatoms. The monoisotopic (exact) mass is 330 g/mol. The fourth-order valence-corrected chi connectivity index (χ4v) is 1.86. The Morgan fingerprint density at radius 3 is 2.53 bits per heavy atom. The molecule has 0 radical (unpaired) electrons. The lowest BCUT2D eigenvalue weighted by atomic mass is 10.2. The van der Waals surface area contributed by atoms with E-state index in [1.54, 1.807) is 0 Å². The number of nitrogens with one attached hydrogen (secondary N) is 1. The maximum atomic E-state index is 13.5. The van der Waals surface area contributed by atoms with Gasteiger partial charge in [-0.15, -0.1) is 0 Å². The molecular weight excluding hydrogens is 325 g/mol. The highest BCUT2D eigenvalue weighted by Crippen LogP contribution is 2.27. The minimum absolute atomic E-state index is 0.0528. The summed E-state index contributed by atoms with van der Waals surface area (Å²) in [4.78, 5) is 15.1. The quantitative estimate of drug-likeness (QED) is 0.856. The number of anilines is 1. The molecule has 0 aliphatic rings. The van der Waals surface area contributed by atoms with Gasteiger partial charge in [-0.3, -0.25) is 4.79 Å². The summed E-state index contributed by atoms with van der Waals surface area (Å²) in [6, 6.07) is 3.86. The van der Waals surface area contributed by atoms with Gasteiger partial charge in [-0.05, 0) is 34.1 Å². The summed E-state index contributed by atoms with van der Waals surface area (Å²) in [5.74, 6) is -3.11. The van der Waals surface area contributed by atoms with E-state index in [0.717, 1.165) is 18.3 Å². The first-order chi connectivity index (χ1) is 8.97. The van der Waals surface area contributed by atoms with E-state index in [1.165, 1.54) is 6.07 Å². The second-order valence-electron chi connectivity index (χ2n) is 3.57. The first-order valence-electron chi connectivity index (χ1n) is 5.05. The third-order valence-corrected chi connectivity index (χ3v) is 2.86. The van der Waals surface area contributed by atoms with E-state index in [0.29, 0.717) is 6.07 Å². The van der Waals surface area contributed by atoms with Gasteiger partial charge < -0.3 is 5.32 Å². The highest BCUT2D eigenvalue weighted by atomic mass is 79.9. The molecule has 1 aromatic heterocycles. The molecule has 0 unspecified atom stereocenters. The Hall–Kier alpha value is -1.89. The molecule has 0 spiro atoms. The van der Waals surface area contributed by atoms with Crippen LogP contribution >= 0.6 is 15.9 Å². The number of hydrogen-bond acceptors (Lipinski definition) is 2. The Morgan fingerprint density at radius 1 is 1.21 bits per heavy atom. The molecule has 2 rings (SSSR count). The van der Waals surface area contributed by atoms with Crippen molar-refractivity contribution in [2.75, 3.05) is 5.32 Å². The minimum Gasteiger partial charge on any atom is -0.318 e. The van der Waals surface area contributed by atoms with E-state index in [1.807, 2.05) is 0 Å². The Bertz CT molecular complexity index is 608. The zero-order valence-electron chi connectivity index (χ0n) is 9.25. The van der Waals surface area contributed by atoms with Crippen LogP contribution in [0.15, 0.2) is 34.9 Å². The normalized spacial score (nSPS) is 10.3. The minimum atomic E-state index is -0.921. The fourth-order valence-electron chi connectivity index (χ4n) is 1.36. The van der Waals surface area contributed by atoms with Crippen LogP contribution in [0.5, 0.6) is 0 Å². The summed E-state index contributed by atoms with van der Waals surface area (Å²) in [5, 5.41) is 2.25. The summed E-state index contributed by atoms with van der Waals surface area (Å²) >= 11 is 2.94. The van der Waals surface area contributed by atoms with E-state index in [2.05, 4.69) is 26.2 Å². The fraction of sp³-hybridized carbons (Fsp3) is 0. The molecule has 0 saturated carbocycles. The van der Waals surface area contributed by atoms with Crippen molar-refractivity contribution in [2.24, 2.45) is 0 Å². The number of carbonyl (C=O) groups is 1. The Morgan fingerprint density at radius 2 is 1.95 bits per heavy atom. The van der Waals surface area contributed by atoms with Crippen LogP contribution in [-0.4, -0.2) is 10.9 Å². The van der Waals surface area contributed by atoms with Crippen LogP contribution < -0.4 is 5.32 Å². The van der Waals surface area contributed by atoms with Gasteiger partial charge in [0.25, 0.3) is 5.91 Å². The van der Waals surface area contributed by atoms with Crippen LogP contribution in [0.1, 0.15) is 10.4 Å². The molecule has 1 aromatic carbocycles. The van der Waals surface area contributed by atoms with E-state index in [4.69, 9.17) is 0 Å². The van der Waals surface area contributed by atoms with Gasteiger partial charge in [-0.1, -0.05) is 0 Å². The van der Waals surface area contributed by atoms with Gasteiger partial charge in [0.1, 0.15) is 5.82 Å². The van der Waals surface area contributed by atoms with Gasteiger partial charge in [0.05, 0.1) is 11.3 Å². The van der Waals surface area contributed by atoms with Crippen molar-refractivity contribution < 1.29 is 18.0 Å². The highest BCUT2D eigenvalue weighted by molar-refractivity contribution is 9.10. The SMILES string of the molecule is O=C(Nc1c(F)cc(F)cc1Br)c1ccc(F)nc1. The molecule has 0 aliphatic heterocycles. The molecule has 0 aliphatic carbocycles. The van der Waals surface area contributed by atoms with Gasteiger partial charge in [-0.2, -0.15) is 4.39 Å². The standard InChI is InChI=1S/C12H6BrF3N2O/c13-8-3-7(14)4-9(15)11(8)18-12(19)6-1-2-10(16)17-5-6/h1-5H,(H,18,19). The lowest BCUT2D eigenvalue weighted by Gasteiger charge is -2.08. The lowest BCUT2D eigenvalue weighted by molar-refractivity contribution is 0.102. The molecule has 0 fully saturated rings. The zero-order valence-corrected chi connectivity index (χ0v) is 10.8. The highest BCUT2D eigenvalue weighted by Gasteiger charge is 2.14. The summed E-state index contributed by atoms with van der Waals surface area (Å²) < 4.78 is 39.0. The molecule has 1 heterocycles. The summed E-state index contributed by atoms with van der Waals surface area (Å²) in [5.41, 5.74) is -0.146. The Balaban J connectivity index is 2.26. The van der Waals surface area contributed by atoms with Crippen LogP contribution in [0.4, 0.5) is 18.9 Å². The third-order valence-electron chi connectivity index (χ3n) is 2.23. The van der Waals surface area contributed by atoms with Crippen LogP contribution in [0.3, 0.4) is 0 Å². The summed E-state index contributed by atoms with van der Waals surface area (Å²) in [6.07, 6.45) is 1.01. The topological polar surface area (TPSA) is 42.0 Å². The molecule has 1 N–H and O–H groups in total. The number of rotatable bonds is 2. The van der Waals surface area contributed by atoms with Crippen LogP contribution in [0, 0.1) is 17.6 Å². The van der Waals surface area contributed by atoms with E-state index in [9.17, 15) is 18.0 Å². The van der Waals surface area contributed by atoms with Gasteiger partial charge in [0.2, 0.25) is 5.95 Å². The Kier molecular flexibility index (Phi) is 3.84. The molecular formula is C12H6BrF3N2O. The van der Waals surface area contributed by atoms with Crippen molar-refractivity contribution >= 4 is 27.5 Å². The molecule has 2 aromatic rings. The smallest absolute Gasteiger partial charge is 0.257 e. The predicted molar refractivity (Wildman–Crippen MR) is 66.2 cm³/mol. The molecule has 19 heavy (non-hydrogen) atoms. The van der Waals surface area contributed by atoms with Gasteiger partial charge >= 0.3 is 0 Å². The van der Waals surface area contributed by atoms with E-state index >= 15 is 0 Å². The number of pyridine rings is 1. The molecule has 98 valence electrons. The summed E-state index contributed by atoms with van der Waals surface area (Å²) in [7, 11) is 0. The van der Waals surface area contributed by atoms with Crippen molar-refractivity contribution in [1.29, 1.82) is 0 Å². The van der Waals surface area contributed by atoms with Crippen molar-refractivity contribution in [3.63, 3.8) is 0 Å². The van der Waals surface area contributed by atoms with Crippen LogP contribution in [0.2, 0.25) is 0 Å². The lowest BCUT2D eigenvalue weighted by Crippen LogP contribution is -2.14. The van der Waals surface area contributed by atoms with Crippen molar-refractivity contribution in [3.8, 4) is 0 Å². The van der Waals surface area contributed by atoms with Crippen molar-refractivity contribution in [1.82, 2.24) is 4.98 Å². The molecule has 1 amide bonds. The second kappa shape index (κ2) is 5.40. The molecule has 0 atom stereocenters. The van der Waals surface area contributed by atoms with Gasteiger partial charge in [0.15, 0.2) is 5.82 Å². The molecule has 0 saturated heterocycles. The largest absolute Gasteiger partial charge is 0.318 e. The summed E-state index contributed by atoms with van der Waals surface area (Å²) in [6.45, 7) is 0. The van der Waals surface area contributed by atoms with Crippen molar-refractivity contribution in [3.05, 3.63) is 58.1 Å². The van der Waals surface area contributed by atoms with E-state index < -0.39 is 23.5 Å². The van der Waals surface area contributed by atoms with Crippen molar-refractivity contribution in [2.45, 2.75) is 0 Å². The van der Waals surface area contributed by atoms with Gasteiger partial charge in [-0.25, -0.2) is 13.8 Å². The number of benzene rings is 1. The number of nitrogens with zero attached hydrogens (tertiary/aromatic N) is 1. The number of halogens is 4. The first-order valence-corrected chi connectivity index (χ1v) is 5.84. The van der Waals surface area contributed by atoms with E-state index in [-0.39, 0.29) is 15.7 Å². The maximum absolute atomic E-state index is 13.5. The predicted octanol–water partition coefficient (Wildman–Crippen LogP) is 3.51. The number of aromatic nitrogens is 1. The van der Waals surface area contributed by atoms with Gasteiger partial charge in [0, 0.05) is 16.7 Å². The second-order valence-corrected chi connectivity index (χ2v) is 4.42. The average Bonchev–Trinajstić information content (AvgIpc) is 2.34. The third kappa shape index (κ3) is 3.11. The number of amides is 1. The molecule has 0 bridgehead atoms. The average molecular weight is 331 g/mol. The zero-order chi connectivity index (χ0) is 14.0. The number of carbonyl (C=O) groups excluding carboxylic acids is 1. The Labute approximate surface area is 114 Å². The maximum Gasteiger partial charge on any atom is 0.257 e. The van der Waals surface area contributed by atoms with Crippen LogP contribution in [0.25, 0.3) is 0 Å². The van der Waals surface area contributed by atoms with Crippen LogP contribution in [-0.2, 0) is 0 Å². The first kappa shape index (κ1) is 13.5. The number of hydrogen-bond donors (Lipinski definition) is 1. The molecule has 3 nitrogen and oxygen atoms in total.